The first-order valence-corrected chi connectivity index (χ1v) is 6.30. The highest BCUT2D eigenvalue weighted by Gasteiger charge is 2.33. The molecular formula is C13H23N3. The molecule has 1 unspecified atom stereocenters. The van der Waals surface area contributed by atoms with Crippen LogP contribution in [0.15, 0.2) is 12.4 Å². The molecule has 1 fully saturated rings. The summed E-state index contributed by atoms with van der Waals surface area (Å²) in [5.41, 5.74) is 1.71. The van der Waals surface area contributed by atoms with Gasteiger partial charge in [-0.25, -0.2) is 0 Å². The fourth-order valence-corrected chi connectivity index (χ4v) is 2.65. The maximum absolute atomic E-state index is 4.29. The van der Waals surface area contributed by atoms with Crippen molar-refractivity contribution in [1.82, 2.24) is 15.1 Å². The Balaban J connectivity index is 1.76. The van der Waals surface area contributed by atoms with Crippen molar-refractivity contribution in [2.45, 2.75) is 52.6 Å². The van der Waals surface area contributed by atoms with Crippen LogP contribution in [0.5, 0.6) is 0 Å². The topological polar surface area (TPSA) is 29.9 Å². The van der Waals surface area contributed by atoms with E-state index in [0.29, 0.717) is 11.5 Å². The largest absolute Gasteiger partial charge is 0.312 e. The van der Waals surface area contributed by atoms with Crippen molar-refractivity contribution < 1.29 is 0 Å². The smallest absolute Gasteiger partial charge is 0.0534 e. The molecule has 1 saturated carbocycles. The van der Waals surface area contributed by atoms with Gasteiger partial charge in [-0.15, -0.1) is 0 Å². The van der Waals surface area contributed by atoms with Gasteiger partial charge in [0.25, 0.3) is 0 Å². The normalized spacial score (nSPS) is 23.8. The van der Waals surface area contributed by atoms with E-state index in [2.05, 4.69) is 37.4 Å². The predicted molar refractivity (Wildman–Crippen MR) is 66.4 cm³/mol. The van der Waals surface area contributed by atoms with E-state index in [-0.39, 0.29) is 0 Å². The molecular weight excluding hydrogens is 198 g/mol. The highest BCUT2D eigenvalue weighted by molar-refractivity contribution is 4.99. The van der Waals surface area contributed by atoms with Gasteiger partial charge in [-0.1, -0.05) is 20.3 Å². The third-order valence-corrected chi connectivity index (χ3v) is 3.75. The number of hydrogen-bond acceptors (Lipinski definition) is 2. The number of hydrogen-bond donors (Lipinski definition) is 1. The van der Waals surface area contributed by atoms with Crippen molar-refractivity contribution in [3.63, 3.8) is 0 Å². The second-order valence-electron chi connectivity index (χ2n) is 5.67. The standard InChI is InChI=1S/C13H23N3/c1-11-9-15-16(10-11)8-7-14-12-5-4-6-13(12,2)3/h9-10,12,14H,4-8H2,1-3H3. The number of rotatable bonds is 4. The maximum atomic E-state index is 4.29. The van der Waals surface area contributed by atoms with Crippen LogP contribution < -0.4 is 5.32 Å². The third-order valence-electron chi connectivity index (χ3n) is 3.75. The molecule has 0 amide bonds. The molecule has 1 aromatic rings. The van der Waals surface area contributed by atoms with Gasteiger partial charge in [-0.05, 0) is 30.7 Å². The fourth-order valence-electron chi connectivity index (χ4n) is 2.65. The second kappa shape index (κ2) is 4.58. The molecule has 0 bridgehead atoms. The molecule has 3 nitrogen and oxygen atoms in total. The van der Waals surface area contributed by atoms with Gasteiger partial charge >= 0.3 is 0 Å². The van der Waals surface area contributed by atoms with Gasteiger partial charge in [0.15, 0.2) is 0 Å². The molecule has 1 atom stereocenters. The molecule has 2 rings (SSSR count). The number of aromatic nitrogens is 2. The van der Waals surface area contributed by atoms with E-state index >= 15 is 0 Å². The van der Waals surface area contributed by atoms with Crippen LogP contribution in [0.2, 0.25) is 0 Å². The summed E-state index contributed by atoms with van der Waals surface area (Å²) in [5, 5.41) is 7.96. The number of nitrogens with zero attached hydrogens (tertiary/aromatic N) is 2. The zero-order chi connectivity index (χ0) is 11.6. The van der Waals surface area contributed by atoms with E-state index < -0.39 is 0 Å². The van der Waals surface area contributed by atoms with E-state index in [1.54, 1.807) is 0 Å². The monoisotopic (exact) mass is 221 g/mol. The average molecular weight is 221 g/mol. The van der Waals surface area contributed by atoms with Crippen molar-refractivity contribution in [2.75, 3.05) is 6.54 Å². The third kappa shape index (κ3) is 2.64. The summed E-state index contributed by atoms with van der Waals surface area (Å²) in [7, 11) is 0. The minimum Gasteiger partial charge on any atom is -0.312 e. The molecule has 0 spiro atoms. The van der Waals surface area contributed by atoms with Gasteiger partial charge in [-0.2, -0.15) is 5.10 Å². The summed E-state index contributed by atoms with van der Waals surface area (Å²) in [6, 6.07) is 0.684. The lowest BCUT2D eigenvalue weighted by atomic mass is 9.87. The minimum atomic E-state index is 0.472. The van der Waals surface area contributed by atoms with Gasteiger partial charge in [0, 0.05) is 18.8 Å². The predicted octanol–water partition coefficient (Wildman–Crippen LogP) is 2.36. The van der Waals surface area contributed by atoms with Crippen LogP contribution >= 0.6 is 0 Å². The van der Waals surface area contributed by atoms with Crippen molar-refractivity contribution in [1.29, 1.82) is 0 Å². The van der Waals surface area contributed by atoms with Crippen LogP contribution in [0.4, 0.5) is 0 Å². The molecule has 1 heterocycles. The summed E-state index contributed by atoms with van der Waals surface area (Å²) in [6.45, 7) is 8.82. The SMILES string of the molecule is Cc1cnn(CCNC2CCCC2(C)C)c1. The summed E-state index contributed by atoms with van der Waals surface area (Å²) < 4.78 is 2.02. The maximum Gasteiger partial charge on any atom is 0.0534 e. The first kappa shape index (κ1) is 11.6. The van der Waals surface area contributed by atoms with E-state index in [0.717, 1.165) is 13.1 Å². The van der Waals surface area contributed by atoms with Gasteiger partial charge in [-0.3, -0.25) is 4.68 Å². The Morgan fingerprint density at radius 1 is 1.56 bits per heavy atom. The van der Waals surface area contributed by atoms with Gasteiger partial charge in [0.05, 0.1) is 12.7 Å². The van der Waals surface area contributed by atoms with E-state index in [1.807, 2.05) is 10.9 Å². The molecule has 1 aliphatic carbocycles. The molecule has 16 heavy (non-hydrogen) atoms. The van der Waals surface area contributed by atoms with Crippen LogP contribution in [0.1, 0.15) is 38.7 Å². The van der Waals surface area contributed by atoms with Crippen LogP contribution in [0.25, 0.3) is 0 Å². The summed E-state index contributed by atoms with van der Waals surface area (Å²) in [6.07, 6.45) is 8.06. The van der Waals surface area contributed by atoms with Crippen LogP contribution in [-0.2, 0) is 6.54 Å². The van der Waals surface area contributed by atoms with E-state index in [1.165, 1.54) is 24.8 Å². The molecule has 1 aliphatic rings. The van der Waals surface area contributed by atoms with E-state index in [9.17, 15) is 0 Å². The molecule has 1 aromatic heterocycles. The Bertz CT molecular complexity index is 341. The van der Waals surface area contributed by atoms with Crippen LogP contribution in [0, 0.1) is 12.3 Å². The second-order valence-corrected chi connectivity index (χ2v) is 5.67. The molecule has 0 radical (unpaired) electrons. The first-order valence-electron chi connectivity index (χ1n) is 6.30. The lowest BCUT2D eigenvalue weighted by molar-refractivity contribution is 0.280. The first-order chi connectivity index (χ1) is 7.58. The number of nitrogens with one attached hydrogen (secondary N) is 1. The highest BCUT2D eigenvalue weighted by Crippen LogP contribution is 2.36. The summed E-state index contributed by atoms with van der Waals surface area (Å²) >= 11 is 0. The van der Waals surface area contributed by atoms with Crippen molar-refractivity contribution in [3.05, 3.63) is 18.0 Å². The zero-order valence-corrected chi connectivity index (χ0v) is 10.7. The molecule has 0 aromatic carbocycles. The Hall–Kier alpha value is -0.830. The van der Waals surface area contributed by atoms with Gasteiger partial charge in [0.2, 0.25) is 0 Å². The fraction of sp³-hybridized carbons (Fsp3) is 0.769. The molecule has 3 heteroatoms. The lowest BCUT2D eigenvalue weighted by Gasteiger charge is -2.27. The highest BCUT2D eigenvalue weighted by atomic mass is 15.3. The van der Waals surface area contributed by atoms with Crippen molar-refractivity contribution >= 4 is 0 Å². The Labute approximate surface area is 98.2 Å². The summed E-state index contributed by atoms with van der Waals surface area (Å²) in [5.74, 6) is 0. The van der Waals surface area contributed by atoms with E-state index in [4.69, 9.17) is 0 Å². The average Bonchev–Trinajstić information content (AvgIpc) is 2.74. The number of aryl methyl sites for hydroxylation is 1. The Kier molecular flexibility index (Phi) is 3.33. The van der Waals surface area contributed by atoms with Crippen LogP contribution in [0.3, 0.4) is 0 Å². The lowest BCUT2D eigenvalue weighted by Crippen LogP contribution is -2.39. The van der Waals surface area contributed by atoms with Crippen molar-refractivity contribution in [2.24, 2.45) is 5.41 Å². The molecule has 1 N–H and O–H groups in total. The van der Waals surface area contributed by atoms with Crippen molar-refractivity contribution in [3.8, 4) is 0 Å². The minimum absolute atomic E-state index is 0.472. The Morgan fingerprint density at radius 3 is 2.94 bits per heavy atom. The summed E-state index contributed by atoms with van der Waals surface area (Å²) in [4.78, 5) is 0. The molecule has 0 saturated heterocycles. The van der Waals surface area contributed by atoms with Crippen LogP contribution in [-0.4, -0.2) is 22.4 Å². The molecule has 90 valence electrons. The Morgan fingerprint density at radius 2 is 2.38 bits per heavy atom. The van der Waals surface area contributed by atoms with Gasteiger partial charge < -0.3 is 5.32 Å². The molecule has 0 aliphatic heterocycles. The van der Waals surface area contributed by atoms with Gasteiger partial charge in [0.1, 0.15) is 0 Å². The zero-order valence-electron chi connectivity index (χ0n) is 10.7. The quantitative estimate of drug-likeness (QED) is 0.846.